The lowest BCUT2D eigenvalue weighted by Gasteiger charge is -2.35. The molecule has 0 saturated carbocycles. The molecule has 122 valence electrons. The standard InChI is InChI=1S/C19H25N3O/c1-3-21-9-11-22(12-10-21)19-15(2)13-17(14-20-19)18(23)16-7-5-4-6-8-16/h4-8,13-14,18,23H,3,9-12H2,1-2H3/t18-/m0/s1. The summed E-state index contributed by atoms with van der Waals surface area (Å²) < 4.78 is 0. The summed E-state index contributed by atoms with van der Waals surface area (Å²) in [4.78, 5) is 9.45. The summed E-state index contributed by atoms with van der Waals surface area (Å²) in [6.07, 6.45) is 1.19. The summed E-state index contributed by atoms with van der Waals surface area (Å²) in [5.41, 5.74) is 2.88. The van der Waals surface area contributed by atoms with Crippen LogP contribution in [0, 0.1) is 6.92 Å². The van der Waals surface area contributed by atoms with Crippen LogP contribution >= 0.6 is 0 Å². The maximum Gasteiger partial charge on any atom is 0.131 e. The Morgan fingerprint density at radius 2 is 1.78 bits per heavy atom. The minimum atomic E-state index is -0.617. The average molecular weight is 311 g/mol. The van der Waals surface area contributed by atoms with Gasteiger partial charge in [-0.3, -0.25) is 0 Å². The number of aliphatic hydroxyl groups excluding tert-OH is 1. The SMILES string of the molecule is CCN1CCN(c2ncc([C@@H](O)c3ccccc3)cc2C)CC1. The molecule has 2 heterocycles. The zero-order valence-corrected chi connectivity index (χ0v) is 13.9. The van der Waals surface area contributed by atoms with E-state index in [4.69, 9.17) is 0 Å². The highest BCUT2D eigenvalue weighted by molar-refractivity contribution is 5.49. The number of likely N-dealkylation sites (N-methyl/N-ethyl adjacent to an activating group) is 1. The molecule has 0 unspecified atom stereocenters. The van der Waals surface area contributed by atoms with Crippen LogP contribution in [-0.2, 0) is 0 Å². The normalized spacial score (nSPS) is 17.3. The lowest BCUT2D eigenvalue weighted by atomic mass is 10.0. The van der Waals surface area contributed by atoms with Gasteiger partial charge in [-0.05, 0) is 30.7 Å². The average Bonchev–Trinajstić information content (AvgIpc) is 2.62. The summed E-state index contributed by atoms with van der Waals surface area (Å²) in [5, 5.41) is 10.5. The van der Waals surface area contributed by atoms with Crippen LogP contribution in [0.25, 0.3) is 0 Å². The second-order valence-corrected chi connectivity index (χ2v) is 6.14. The van der Waals surface area contributed by atoms with E-state index >= 15 is 0 Å². The van der Waals surface area contributed by atoms with Crippen LogP contribution in [0.2, 0.25) is 0 Å². The molecule has 0 spiro atoms. The van der Waals surface area contributed by atoms with E-state index in [1.807, 2.05) is 36.5 Å². The quantitative estimate of drug-likeness (QED) is 0.942. The lowest BCUT2D eigenvalue weighted by Crippen LogP contribution is -2.46. The van der Waals surface area contributed by atoms with E-state index in [1.54, 1.807) is 0 Å². The van der Waals surface area contributed by atoms with E-state index in [9.17, 15) is 5.11 Å². The number of hydrogen-bond donors (Lipinski definition) is 1. The van der Waals surface area contributed by atoms with Crippen LogP contribution in [0.1, 0.15) is 29.7 Å². The van der Waals surface area contributed by atoms with Gasteiger partial charge in [0.05, 0.1) is 0 Å². The topological polar surface area (TPSA) is 39.6 Å². The number of anilines is 1. The van der Waals surface area contributed by atoms with Gasteiger partial charge < -0.3 is 14.9 Å². The monoisotopic (exact) mass is 311 g/mol. The largest absolute Gasteiger partial charge is 0.384 e. The molecule has 1 aromatic carbocycles. The summed E-state index contributed by atoms with van der Waals surface area (Å²) in [5.74, 6) is 1.05. The molecule has 0 aliphatic carbocycles. The number of hydrogen-bond acceptors (Lipinski definition) is 4. The van der Waals surface area contributed by atoms with Crippen molar-refractivity contribution in [3.63, 3.8) is 0 Å². The van der Waals surface area contributed by atoms with Crippen molar-refractivity contribution in [1.82, 2.24) is 9.88 Å². The van der Waals surface area contributed by atoms with Gasteiger partial charge in [0.1, 0.15) is 11.9 Å². The van der Waals surface area contributed by atoms with E-state index in [1.165, 1.54) is 0 Å². The Kier molecular flexibility index (Phi) is 4.94. The predicted molar refractivity (Wildman–Crippen MR) is 93.8 cm³/mol. The molecule has 3 rings (SSSR count). The van der Waals surface area contributed by atoms with Gasteiger partial charge in [-0.25, -0.2) is 4.98 Å². The molecule has 1 aliphatic heterocycles. The number of benzene rings is 1. The molecule has 0 bridgehead atoms. The number of aliphatic hydroxyl groups is 1. The van der Waals surface area contributed by atoms with Crippen molar-refractivity contribution < 1.29 is 5.11 Å². The predicted octanol–water partition coefficient (Wildman–Crippen LogP) is 2.61. The Balaban J connectivity index is 1.76. The van der Waals surface area contributed by atoms with E-state index < -0.39 is 6.10 Å². The minimum absolute atomic E-state index is 0.617. The minimum Gasteiger partial charge on any atom is -0.384 e. The number of rotatable bonds is 4. The van der Waals surface area contributed by atoms with Crippen molar-refractivity contribution in [3.05, 3.63) is 59.3 Å². The Morgan fingerprint density at radius 3 is 2.39 bits per heavy atom. The molecule has 23 heavy (non-hydrogen) atoms. The fourth-order valence-electron chi connectivity index (χ4n) is 3.17. The second kappa shape index (κ2) is 7.11. The van der Waals surface area contributed by atoms with Gasteiger partial charge in [0, 0.05) is 37.9 Å². The van der Waals surface area contributed by atoms with E-state index in [0.717, 1.165) is 55.2 Å². The highest BCUT2D eigenvalue weighted by atomic mass is 16.3. The summed E-state index contributed by atoms with van der Waals surface area (Å²) in [6.45, 7) is 9.61. The number of piperazine rings is 1. The molecular formula is C19H25N3O. The Labute approximate surface area is 138 Å². The van der Waals surface area contributed by atoms with Crippen LogP contribution < -0.4 is 4.90 Å². The van der Waals surface area contributed by atoms with Gasteiger partial charge in [0.2, 0.25) is 0 Å². The fraction of sp³-hybridized carbons (Fsp3) is 0.421. The van der Waals surface area contributed by atoms with Crippen LogP contribution in [0.3, 0.4) is 0 Å². The maximum atomic E-state index is 10.5. The van der Waals surface area contributed by atoms with E-state index in [0.29, 0.717) is 0 Å². The second-order valence-electron chi connectivity index (χ2n) is 6.14. The lowest BCUT2D eigenvalue weighted by molar-refractivity contribution is 0.220. The summed E-state index contributed by atoms with van der Waals surface area (Å²) >= 11 is 0. The first-order valence-corrected chi connectivity index (χ1v) is 8.36. The number of aryl methyl sites for hydroxylation is 1. The fourth-order valence-corrected chi connectivity index (χ4v) is 3.17. The molecule has 0 radical (unpaired) electrons. The zero-order chi connectivity index (χ0) is 16.2. The molecule has 1 aliphatic rings. The third kappa shape index (κ3) is 3.54. The Hall–Kier alpha value is -1.91. The molecule has 1 saturated heterocycles. The van der Waals surface area contributed by atoms with Crippen molar-refractivity contribution >= 4 is 5.82 Å². The Morgan fingerprint density at radius 1 is 1.09 bits per heavy atom. The maximum absolute atomic E-state index is 10.5. The van der Waals surface area contributed by atoms with Gasteiger partial charge in [0.25, 0.3) is 0 Å². The van der Waals surface area contributed by atoms with Crippen molar-refractivity contribution in [1.29, 1.82) is 0 Å². The van der Waals surface area contributed by atoms with Gasteiger partial charge in [-0.15, -0.1) is 0 Å². The highest BCUT2D eigenvalue weighted by Crippen LogP contribution is 2.26. The molecule has 4 nitrogen and oxygen atoms in total. The smallest absolute Gasteiger partial charge is 0.131 e. The first kappa shape index (κ1) is 16.0. The molecule has 1 fully saturated rings. The van der Waals surface area contributed by atoms with Gasteiger partial charge in [-0.1, -0.05) is 37.3 Å². The van der Waals surface area contributed by atoms with Crippen LogP contribution in [0.5, 0.6) is 0 Å². The molecule has 1 atom stereocenters. The number of pyridine rings is 1. The summed E-state index contributed by atoms with van der Waals surface area (Å²) in [7, 11) is 0. The van der Waals surface area contributed by atoms with Crippen molar-refractivity contribution in [2.45, 2.75) is 20.0 Å². The first-order valence-electron chi connectivity index (χ1n) is 8.36. The van der Waals surface area contributed by atoms with Gasteiger partial charge in [-0.2, -0.15) is 0 Å². The third-order valence-corrected chi connectivity index (χ3v) is 4.62. The molecular weight excluding hydrogens is 286 g/mol. The number of nitrogens with zero attached hydrogens (tertiary/aromatic N) is 3. The van der Waals surface area contributed by atoms with Crippen molar-refractivity contribution in [3.8, 4) is 0 Å². The van der Waals surface area contributed by atoms with Crippen molar-refractivity contribution in [2.24, 2.45) is 0 Å². The van der Waals surface area contributed by atoms with Gasteiger partial charge >= 0.3 is 0 Å². The highest BCUT2D eigenvalue weighted by Gasteiger charge is 2.19. The van der Waals surface area contributed by atoms with E-state index in [2.05, 4.69) is 34.7 Å². The summed E-state index contributed by atoms with van der Waals surface area (Å²) in [6, 6.07) is 11.8. The molecule has 1 aromatic heterocycles. The van der Waals surface area contributed by atoms with Crippen molar-refractivity contribution in [2.75, 3.05) is 37.6 Å². The molecule has 1 N–H and O–H groups in total. The zero-order valence-electron chi connectivity index (χ0n) is 13.9. The molecule has 2 aromatic rings. The van der Waals surface area contributed by atoms with Crippen LogP contribution in [0.4, 0.5) is 5.82 Å². The molecule has 0 amide bonds. The number of aromatic nitrogens is 1. The van der Waals surface area contributed by atoms with Gasteiger partial charge in [0.15, 0.2) is 0 Å². The third-order valence-electron chi connectivity index (χ3n) is 4.62. The Bertz CT molecular complexity index is 636. The van der Waals surface area contributed by atoms with E-state index in [-0.39, 0.29) is 0 Å². The van der Waals surface area contributed by atoms with Crippen LogP contribution in [0.15, 0.2) is 42.6 Å². The first-order chi connectivity index (χ1) is 11.2. The molecule has 4 heteroatoms. The van der Waals surface area contributed by atoms with Crippen LogP contribution in [-0.4, -0.2) is 47.7 Å².